The maximum Gasteiger partial charge on any atom is 0.242 e. The molecule has 0 amide bonds. The highest BCUT2D eigenvalue weighted by Gasteiger charge is 2.17. The highest BCUT2D eigenvalue weighted by molar-refractivity contribution is 7.89. The largest absolute Gasteiger partial charge is 0.392 e. The van der Waals surface area contributed by atoms with E-state index >= 15 is 0 Å². The summed E-state index contributed by atoms with van der Waals surface area (Å²) < 4.78 is 30.8. The van der Waals surface area contributed by atoms with E-state index in [4.69, 9.17) is 21.4 Å². The molecule has 0 radical (unpaired) electrons. The number of methoxy groups -OCH3 is 1. The van der Waals surface area contributed by atoms with E-state index in [9.17, 15) is 8.42 Å². The molecule has 0 fully saturated rings. The van der Waals surface area contributed by atoms with Crippen LogP contribution >= 0.6 is 11.6 Å². The summed E-state index contributed by atoms with van der Waals surface area (Å²) in [5.41, 5.74) is 0.488. The van der Waals surface area contributed by atoms with Crippen molar-refractivity contribution in [1.82, 2.24) is 4.72 Å². The Morgan fingerprint density at radius 3 is 2.76 bits per heavy atom. The lowest BCUT2D eigenvalue weighted by molar-refractivity contribution is 0.204. The number of rotatable bonds is 6. The normalized spacial score (nSPS) is 11.7. The Morgan fingerprint density at radius 2 is 2.18 bits per heavy atom. The Hall–Kier alpha value is -0.660. The summed E-state index contributed by atoms with van der Waals surface area (Å²) in [6.07, 6.45) is 0. The average Bonchev–Trinajstić information content (AvgIpc) is 2.29. The highest BCUT2D eigenvalue weighted by atomic mass is 35.5. The van der Waals surface area contributed by atoms with Gasteiger partial charge in [-0.3, -0.25) is 0 Å². The van der Waals surface area contributed by atoms with Gasteiger partial charge in [-0.2, -0.15) is 0 Å². The molecule has 5 nitrogen and oxygen atoms in total. The summed E-state index contributed by atoms with van der Waals surface area (Å²) in [6, 6.07) is 4.35. The number of sulfonamides is 1. The first-order valence-electron chi connectivity index (χ1n) is 4.89. The SMILES string of the molecule is COCCNS(=O)(=O)c1cc(CO)ccc1Cl. The van der Waals surface area contributed by atoms with Gasteiger partial charge >= 0.3 is 0 Å². The maximum absolute atomic E-state index is 11.9. The third-order valence-corrected chi connectivity index (χ3v) is 4.01. The molecule has 0 unspecified atom stereocenters. The van der Waals surface area contributed by atoms with Gasteiger partial charge in [0, 0.05) is 13.7 Å². The zero-order chi connectivity index (χ0) is 12.9. The maximum atomic E-state index is 11.9. The molecule has 2 N–H and O–H groups in total. The standard InChI is InChI=1S/C10H14ClNO4S/c1-16-5-4-12-17(14,15)10-6-8(7-13)2-3-9(10)11/h2-3,6,12-13H,4-5,7H2,1H3. The number of ether oxygens (including phenoxy) is 1. The fourth-order valence-corrected chi connectivity index (χ4v) is 2.77. The molecule has 1 rings (SSSR count). The van der Waals surface area contributed by atoms with Crippen LogP contribution in [0.1, 0.15) is 5.56 Å². The first-order valence-corrected chi connectivity index (χ1v) is 6.75. The monoisotopic (exact) mass is 279 g/mol. The third kappa shape index (κ3) is 3.93. The van der Waals surface area contributed by atoms with Crippen molar-refractivity contribution in [2.45, 2.75) is 11.5 Å². The lowest BCUT2D eigenvalue weighted by Gasteiger charge is -2.09. The van der Waals surface area contributed by atoms with Gasteiger partial charge in [-0.05, 0) is 17.7 Å². The summed E-state index contributed by atoms with van der Waals surface area (Å²) in [4.78, 5) is -0.0400. The van der Waals surface area contributed by atoms with Crippen LogP contribution < -0.4 is 4.72 Å². The van der Waals surface area contributed by atoms with Crippen molar-refractivity contribution in [2.24, 2.45) is 0 Å². The minimum absolute atomic E-state index is 0.0400. The van der Waals surface area contributed by atoms with Crippen molar-refractivity contribution in [3.8, 4) is 0 Å². The van der Waals surface area contributed by atoms with Crippen LogP contribution in [0.5, 0.6) is 0 Å². The Balaban J connectivity index is 2.97. The number of aliphatic hydroxyl groups excluding tert-OH is 1. The average molecular weight is 280 g/mol. The molecule has 0 saturated heterocycles. The van der Waals surface area contributed by atoms with E-state index in [1.807, 2.05) is 0 Å². The molecular weight excluding hydrogens is 266 g/mol. The van der Waals surface area contributed by atoms with E-state index < -0.39 is 10.0 Å². The molecule has 0 spiro atoms. The lowest BCUT2D eigenvalue weighted by Crippen LogP contribution is -2.27. The molecule has 1 aromatic rings. The molecule has 96 valence electrons. The van der Waals surface area contributed by atoms with Crippen molar-refractivity contribution in [3.63, 3.8) is 0 Å². The lowest BCUT2D eigenvalue weighted by atomic mass is 10.2. The minimum atomic E-state index is -3.67. The van der Waals surface area contributed by atoms with Crippen molar-refractivity contribution < 1.29 is 18.3 Å². The van der Waals surface area contributed by atoms with Crippen molar-refractivity contribution in [2.75, 3.05) is 20.3 Å². The fourth-order valence-electron chi connectivity index (χ4n) is 1.21. The van der Waals surface area contributed by atoms with Crippen LogP contribution in [0, 0.1) is 0 Å². The van der Waals surface area contributed by atoms with Crippen molar-refractivity contribution in [3.05, 3.63) is 28.8 Å². The second kappa shape index (κ2) is 6.32. The smallest absolute Gasteiger partial charge is 0.242 e. The summed E-state index contributed by atoms with van der Waals surface area (Å²) in [6.45, 7) is 0.201. The quantitative estimate of drug-likeness (QED) is 0.754. The molecule has 0 bridgehead atoms. The number of nitrogens with one attached hydrogen (secondary N) is 1. The van der Waals surface area contributed by atoms with E-state index in [1.54, 1.807) is 6.07 Å². The van der Waals surface area contributed by atoms with E-state index in [0.29, 0.717) is 5.56 Å². The number of hydrogen-bond acceptors (Lipinski definition) is 4. The highest BCUT2D eigenvalue weighted by Crippen LogP contribution is 2.22. The molecule has 0 aliphatic carbocycles. The van der Waals surface area contributed by atoms with Crippen LogP contribution in [0.2, 0.25) is 5.02 Å². The second-order valence-electron chi connectivity index (χ2n) is 3.31. The molecule has 0 saturated carbocycles. The molecule has 0 atom stereocenters. The van der Waals surface area contributed by atoms with Gasteiger partial charge in [-0.25, -0.2) is 13.1 Å². The zero-order valence-electron chi connectivity index (χ0n) is 9.31. The molecule has 0 aliphatic rings. The molecule has 17 heavy (non-hydrogen) atoms. The number of aliphatic hydroxyl groups is 1. The molecule has 1 aromatic carbocycles. The first kappa shape index (κ1) is 14.4. The van der Waals surface area contributed by atoms with Gasteiger partial charge in [0.05, 0.1) is 18.2 Å². The summed E-state index contributed by atoms with van der Waals surface area (Å²) >= 11 is 5.82. The molecule has 0 aliphatic heterocycles. The van der Waals surface area contributed by atoms with Gasteiger partial charge in [-0.1, -0.05) is 17.7 Å². The summed E-state index contributed by atoms with van der Waals surface area (Å²) in [5, 5.41) is 9.07. The molecule has 0 aromatic heterocycles. The van der Waals surface area contributed by atoms with Crippen LogP contribution in [0.25, 0.3) is 0 Å². The van der Waals surface area contributed by atoms with E-state index in [-0.39, 0.29) is 29.7 Å². The van der Waals surface area contributed by atoms with Crippen molar-refractivity contribution in [1.29, 1.82) is 0 Å². The van der Waals surface area contributed by atoms with E-state index in [0.717, 1.165) is 0 Å². The van der Waals surface area contributed by atoms with Gasteiger partial charge < -0.3 is 9.84 Å². The minimum Gasteiger partial charge on any atom is -0.392 e. The van der Waals surface area contributed by atoms with Gasteiger partial charge in [0.15, 0.2) is 0 Å². The van der Waals surface area contributed by atoms with Gasteiger partial charge in [0.1, 0.15) is 4.90 Å². The Kier molecular flexibility index (Phi) is 5.35. The Labute approximate surface area is 105 Å². The predicted octanol–water partition coefficient (Wildman–Crippen LogP) is 0.757. The number of halogens is 1. The fraction of sp³-hybridized carbons (Fsp3) is 0.400. The van der Waals surface area contributed by atoms with E-state index in [2.05, 4.69) is 4.72 Å². The van der Waals surface area contributed by atoms with E-state index in [1.165, 1.54) is 19.2 Å². The molecule has 0 heterocycles. The van der Waals surface area contributed by atoms with Gasteiger partial charge in [-0.15, -0.1) is 0 Å². The molecular formula is C10H14ClNO4S. The van der Waals surface area contributed by atoms with Crippen LogP contribution in [0.3, 0.4) is 0 Å². The predicted molar refractivity (Wildman–Crippen MR) is 64.4 cm³/mol. The third-order valence-electron chi connectivity index (χ3n) is 2.07. The summed E-state index contributed by atoms with van der Waals surface area (Å²) in [7, 11) is -2.19. The van der Waals surface area contributed by atoms with Crippen LogP contribution in [0.4, 0.5) is 0 Å². The Bertz CT molecular complexity index is 475. The number of benzene rings is 1. The first-order chi connectivity index (χ1) is 8.01. The van der Waals surface area contributed by atoms with Crippen LogP contribution in [-0.4, -0.2) is 33.8 Å². The van der Waals surface area contributed by atoms with Gasteiger partial charge in [0.25, 0.3) is 0 Å². The van der Waals surface area contributed by atoms with Crippen molar-refractivity contribution >= 4 is 21.6 Å². The topological polar surface area (TPSA) is 75.6 Å². The zero-order valence-corrected chi connectivity index (χ0v) is 10.9. The van der Waals surface area contributed by atoms with Crippen LogP contribution in [-0.2, 0) is 21.4 Å². The second-order valence-corrected chi connectivity index (χ2v) is 5.46. The number of hydrogen-bond donors (Lipinski definition) is 2. The van der Waals surface area contributed by atoms with Crippen LogP contribution in [0.15, 0.2) is 23.1 Å². The Morgan fingerprint density at radius 1 is 1.47 bits per heavy atom. The summed E-state index contributed by atoms with van der Waals surface area (Å²) in [5.74, 6) is 0. The molecule has 7 heteroatoms. The van der Waals surface area contributed by atoms with Gasteiger partial charge in [0.2, 0.25) is 10.0 Å².